The van der Waals surface area contributed by atoms with Crippen LogP contribution in [0.3, 0.4) is 0 Å². The summed E-state index contributed by atoms with van der Waals surface area (Å²) >= 11 is 2.62. The number of hydrogen-bond acceptors (Lipinski definition) is 1. The van der Waals surface area contributed by atoms with Gasteiger partial charge in [-0.3, -0.25) is 0 Å². The maximum absolute atomic E-state index is 7.88. The second-order valence-corrected chi connectivity index (χ2v) is 0. The Morgan fingerprint density at radius 3 is 1.25 bits per heavy atom. The summed E-state index contributed by atoms with van der Waals surface area (Å²) in [4.78, 5) is 0. The molecule has 4 heavy (non-hydrogen) atoms. The molecule has 0 saturated carbocycles. The van der Waals surface area contributed by atoms with Crippen molar-refractivity contribution >= 4 is 42.0 Å². The van der Waals surface area contributed by atoms with Crippen LogP contribution in [-0.4, -0.2) is 29.6 Å². The van der Waals surface area contributed by atoms with Crippen LogP contribution in [0.4, 0.5) is 0 Å². The molecule has 0 radical (unpaired) electrons. The molecule has 0 unspecified atom stereocenters. The Labute approximate surface area is 60.8 Å². The van der Waals surface area contributed by atoms with Gasteiger partial charge in [0.15, 0.2) is 0 Å². The van der Waals surface area contributed by atoms with Crippen LogP contribution in [0.2, 0.25) is 0 Å². The predicted molar refractivity (Wildman–Crippen MR) is 15.1 cm³/mol. The maximum atomic E-state index is 7.88. The van der Waals surface area contributed by atoms with E-state index in [1.807, 2.05) is 0 Å². The van der Waals surface area contributed by atoms with Gasteiger partial charge in [-0.25, -0.2) is 0 Å². The first-order valence-electron chi connectivity index (χ1n) is 0.129. The molecule has 0 amide bonds. The first kappa shape index (κ1) is 17.6. The van der Waals surface area contributed by atoms with E-state index in [0.29, 0.717) is 0 Å². The Morgan fingerprint density at radius 1 is 1.25 bits per heavy atom. The molecule has 4 heteroatoms. The van der Waals surface area contributed by atoms with E-state index in [2.05, 4.69) is 15.4 Å². The van der Waals surface area contributed by atoms with E-state index in [0.717, 1.165) is 0 Å². The van der Waals surface area contributed by atoms with Crippen molar-refractivity contribution in [3.8, 4) is 0 Å². The Balaban J connectivity index is -0.00000000500. The molecule has 0 aromatic heterocycles. The van der Waals surface area contributed by atoms with Crippen molar-refractivity contribution in [1.29, 1.82) is 0 Å². The van der Waals surface area contributed by atoms with Crippen molar-refractivity contribution in [3.63, 3.8) is 0 Å². The third-order valence-corrected chi connectivity index (χ3v) is 0. The Bertz CT molecular complexity index is 8.00. The molecule has 0 bridgehead atoms. The standard InChI is InChI=1S/ClH.Na.Ni.O.H/h1H;;;;. The zero-order chi connectivity index (χ0) is 2.00. The Hall–Kier alpha value is 1.58. The van der Waals surface area contributed by atoms with Crippen molar-refractivity contribution in [2.24, 2.45) is 0 Å². The van der Waals surface area contributed by atoms with Crippen LogP contribution in [0.25, 0.3) is 0 Å². The van der Waals surface area contributed by atoms with Crippen molar-refractivity contribution in [2.75, 3.05) is 0 Å². The fourth-order valence-corrected chi connectivity index (χ4v) is 0. The van der Waals surface area contributed by atoms with E-state index in [1.165, 1.54) is 0 Å². The molecule has 0 fully saturated rings. The molecule has 0 atom stereocenters. The average molecular weight is 135 g/mol. The van der Waals surface area contributed by atoms with Gasteiger partial charge in [-0.1, -0.05) is 0 Å². The number of halogens is 1. The molecule has 0 aliphatic carbocycles. The molecular formula is H2ClNaNiO. The van der Waals surface area contributed by atoms with Crippen molar-refractivity contribution in [3.05, 3.63) is 0 Å². The third-order valence-electron chi connectivity index (χ3n) is 0. The SMILES string of the molecule is Cl.[NaH].[O]=[Ni]. The molecule has 1 nitrogen and oxygen atoms in total. The van der Waals surface area contributed by atoms with Gasteiger partial charge in [-0.05, 0) is 0 Å². The second kappa shape index (κ2) is 23.5. The first-order valence-corrected chi connectivity index (χ1v) is 0.532. The van der Waals surface area contributed by atoms with Gasteiger partial charge in [0.2, 0.25) is 0 Å². The Kier molecular flexibility index (Phi) is 103. The van der Waals surface area contributed by atoms with Gasteiger partial charge in [-0.2, -0.15) is 0 Å². The number of rotatable bonds is 0. The van der Waals surface area contributed by atoms with Gasteiger partial charge < -0.3 is 0 Å². The fourth-order valence-electron chi connectivity index (χ4n) is 0. The minimum atomic E-state index is 0. The van der Waals surface area contributed by atoms with Gasteiger partial charge in [0, 0.05) is 0 Å². The van der Waals surface area contributed by atoms with E-state index in [-0.39, 0.29) is 42.0 Å². The van der Waals surface area contributed by atoms with Gasteiger partial charge >= 0.3 is 48.8 Å². The molecule has 0 rings (SSSR count). The quantitative estimate of drug-likeness (QED) is 0.415. The zero-order valence-corrected chi connectivity index (χ0v) is 2.94. The van der Waals surface area contributed by atoms with Crippen LogP contribution in [0.15, 0.2) is 0 Å². The van der Waals surface area contributed by atoms with Crippen LogP contribution < -0.4 is 0 Å². The van der Waals surface area contributed by atoms with Crippen molar-refractivity contribution in [2.45, 2.75) is 0 Å². The zero-order valence-electron chi connectivity index (χ0n) is 1.13. The second-order valence-electron chi connectivity index (χ2n) is 0. The van der Waals surface area contributed by atoms with E-state index >= 15 is 0 Å². The molecular weight excluding hydrogens is 133 g/mol. The third kappa shape index (κ3) is 9.54. The van der Waals surface area contributed by atoms with E-state index < -0.39 is 0 Å². The Morgan fingerprint density at radius 2 is 1.25 bits per heavy atom. The summed E-state index contributed by atoms with van der Waals surface area (Å²) in [7, 11) is 0. The summed E-state index contributed by atoms with van der Waals surface area (Å²) in [6.07, 6.45) is 0. The van der Waals surface area contributed by atoms with Gasteiger partial charge in [0.1, 0.15) is 0 Å². The molecule has 26 valence electrons. The summed E-state index contributed by atoms with van der Waals surface area (Å²) < 4.78 is 7.88. The molecule has 0 aromatic carbocycles. The molecule has 0 saturated heterocycles. The van der Waals surface area contributed by atoms with Crippen molar-refractivity contribution < 1.29 is 19.3 Å². The number of hydrogen-bond donors (Lipinski definition) is 0. The molecule has 0 spiro atoms. The predicted octanol–water partition coefficient (Wildman–Crippen LogP) is -0.348. The first-order chi connectivity index (χ1) is 1.00. The average Bonchev–Trinajstić information content (AvgIpc) is 1.00. The molecule has 0 heterocycles. The summed E-state index contributed by atoms with van der Waals surface area (Å²) in [6, 6.07) is 0. The van der Waals surface area contributed by atoms with E-state index in [1.54, 1.807) is 0 Å². The van der Waals surface area contributed by atoms with Crippen molar-refractivity contribution in [1.82, 2.24) is 0 Å². The molecule has 0 aliphatic heterocycles. The van der Waals surface area contributed by atoms with Gasteiger partial charge in [0.05, 0.1) is 0 Å². The summed E-state index contributed by atoms with van der Waals surface area (Å²) in [5.74, 6) is 0. The van der Waals surface area contributed by atoms with Gasteiger partial charge in [0.25, 0.3) is 0 Å². The van der Waals surface area contributed by atoms with Gasteiger partial charge in [-0.15, -0.1) is 12.4 Å². The van der Waals surface area contributed by atoms with Crippen LogP contribution in [-0.2, 0) is 19.3 Å². The molecule has 0 aromatic rings. The van der Waals surface area contributed by atoms with Crippen LogP contribution in [0.1, 0.15) is 0 Å². The van der Waals surface area contributed by atoms with E-state index in [4.69, 9.17) is 3.90 Å². The normalized spacial score (nSPS) is 1.50. The van der Waals surface area contributed by atoms with Crippen LogP contribution in [0.5, 0.6) is 0 Å². The monoisotopic (exact) mass is 134 g/mol. The summed E-state index contributed by atoms with van der Waals surface area (Å²) in [5.41, 5.74) is 0. The van der Waals surface area contributed by atoms with E-state index in [9.17, 15) is 0 Å². The summed E-state index contributed by atoms with van der Waals surface area (Å²) in [5, 5.41) is 0. The van der Waals surface area contributed by atoms with Crippen LogP contribution in [0, 0.1) is 0 Å². The molecule has 0 N–H and O–H groups in total. The van der Waals surface area contributed by atoms with Crippen LogP contribution >= 0.6 is 12.4 Å². The summed E-state index contributed by atoms with van der Waals surface area (Å²) in [6.45, 7) is 0. The fraction of sp³-hybridized carbons (Fsp3) is 0. The molecule has 0 aliphatic rings. The topological polar surface area (TPSA) is 17.1 Å². The minimum absolute atomic E-state index is 0.